The van der Waals surface area contributed by atoms with Crippen molar-refractivity contribution < 1.29 is 19.2 Å². The quantitative estimate of drug-likeness (QED) is 0.473. The number of esters is 1. The molecule has 2 rings (SSSR count). The van der Waals surface area contributed by atoms with Gasteiger partial charge in [-0.25, -0.2) is 4.79 Å². The van der Waals surface area contributed by atoms with E-state index in [1.54, 1.807) is 19.9 Å². The number of nitrogens with zero attached hydrogens (tertiary/aromatic N) is 1. The third-order valence-electron chi connectivity index (χ3n) is 3.31. The monoisotopic (exact) mass is 291 g/mol. The maximum atomic E-state index is 11.7. The summed E-state index contributed by atoms with van der Waals surface area (Å²) < 4.78 is 10.6. The fourth-order valence-corrected chi connectivity index (χ4v) is 2.35. The number of rotatable bonds is 5. The lowest BCUT2D eigenvalue weighted by Gasteiger charge is -2.11. The van der Waals surface area contributed by atoms with Gasteiger partial charge in [-0.1, -0.05) is 12.1 Å². The van der Waals surface area contributed by atoms with Gasteiger partial charge in [0.1, 0.15) is 11.9 Å². The van der Waals surface area contributed by atoms with E-state index in [-0.39, 0.29) is 17.8 Å². The summed E-state index contributed by atoms with van der Waals surface area (Å²) in [7, 11) is 0. The number of non-ortho nitro benzene ring substituents is 1. The van der Waals surface area contributed by atoms with Crippen LogP contribution in [0.4, 0.5) is 5.69 Å². The Hall–Kier alpha value is -2.37. The molecule has 1 unspecified atom stereocenters. The van der Waals surface area contributed by atoms with E-state index in [1.807, 2.05) is 6.07 Å². The maximum absolute atomic E-state index is 11.7. The second-order valence-corrected chi connectivity index (χ2v) is 4.83. The molecule has 0 radical (unpaired) electrons. The number of hydrogen-bond donors (Lipinski definition) is 0. The van der Waals surface area contributed by atoms with Crippen LogP contribution >= 0.6 is 0 Å². The first kappa shape index (κ1) is 15.0. The Kier molecular flexibility index (Phi) is 4.57. The average Bonchev–Trinajstić information content (AvgIpc) is 2.80. The highest BCUT2D eigenvalue weighted by atomic mass is 16.6. The van der Waals surface area contributed by atoms with Gasteiger partial charge in [-0.2, -0.15) is 0 Å². The molecule has 0 saturated heterocycles. The Morgan fingerprint density at radius 1 is 1.52 bits per heavy atom. The summed E-state index contributed by atoms with van der Waals surface area (Å²) >= 11 is 0. The summed E-state index contributed by atoms with van der Waals surface area (Å²) in [5, 5.41) is 10.8. The standard InChI is InChI=1S/C15H17NO5/c1-3-20-15(17)14-9-13(21-10(14)2)8-11-5-4-6-12(7-11)16(18)19/h4-7,13H,3,8-9H2,1-2H3. The minimum absolute atomic E-state index is 0.0563. The second-order valence-electron chi connectivity index (χ2n) is 4.83. The zero-order chi connectivity index (χ0) is 15.4. The van der Waals surface area contributed by atoms with Crippen LogP contribution in [-0.4, -0.2) is 23.6 Å². The summed E-state index contributed by atoms with van der Waals surface area (Å²) in [4.78, 5) is 22.1. The Balaban J connectivity index is 2.02. The minimum Gasteiger partial charge on any atom is -0.494 e. The highest BCUT2D eigenvalue weighted by Gasteiger charge is 2.29. The van der Waals surface area contributed by atoms with Crippen LogP contribution < -0.4 is 0 Å². The van der Waals surface area contributed by atoms with Gasteiger partial charge in [-0.15, -0.1) is 0 Å². The molecule has 1 aromatic carbocycles. The van der Waals surface area contributed by atoms with E-state index in [9.17, 15) is 14.9 Å². The molecular weight excluding hydrogens is 274 g/mol. The molecule has 1 heterocycles. The lowest BCUT2D eigenvalue weighted by molar-refractivity contribution is -0.384. The van der Waals surface area contributed by atoms with Crippen LogP contribution in [0.2, 0.25) is 0 Å². The first-order chi connectivity index (χ1) is 10.0. The average molecular weight is 291 g/mol. The van der Waals surface area contributed by atoms with Crippen molar-refractivity contribution in [2.24, 2.45) is 0 Å². The van der Waals surface area contributed by atoms with Gasteiger partial charge in [0.15, 0.2) is 0 Å². The zero-order valence-corrected chi connectivity index (χ0v) is 12.0. The molecule has 6 heteroatoms. The fourth-order valence-electron chi connectivity index (χ4n) is 2.35. The molecule has 1 atom stereocenters. The van der Waals surface area contributed by atoms with Crippen LogP contribution in [0.3, 0.4) is 0 Å². The van der Waals surface area contributed by atoms with Crippen molar-refractivity contribution in [3.63, 3.8) is 0 Å². The highest BCUT2D eigenvalue weighted by Crippen LogP contribution is 2.28. The first-order valence-corrected chi connectivity index (χ1v) is 6.78. The number of benzene rings is 1. The molecule has 0 bridgehead atoms. The van der Waals surface area contributed by atoms with Gasteiger partial charge in [0.2, 0.25) is 0 Å². The summed E-state index contributed by atoms with van der Waals surface area (Å²) in [6.07, 6.45) is 0.793. The van der Waals surface area contributed by atoms with Gasteiger partial charge in [0.05, 0.1) is 17.1 Å². The van der Waals surface area contributed by atoms with Gasteiger partial charge >= 0.3 is 5.97 Å². The third kappa shape index (κ3) is 3.59. The normalized spacial score (nSPS) is 17.5. The summed E-state index contributed by atoms with van der Waals surface area (Å²) in [6.45, 7) is 3.81. The molecule has 0 spiro atoms. The van der Waals surface area contributed by atoms with Crippen molar-refractivity contribution in [3.8, 4) is 0 Å². The predicted molar refractivity (Wildman–Crippen MR) is 75.6 cm³/mol. The summed E-state index contributed by atoms with van der Waals surface area (Å²) in [6, 6.07) is 6.44. The molecule has 0 aliphatic carbocycles. The molecule has 0 saturated carbocycles. The van der Waals surface area contributed by atoms with Crippen molar-refractivity contribution >= 4 is 11.7 Å². The van der Waals surface area contributed by atoms with Crippen LogP contribution in [0.25, 0.3) is 0 Å². The number of allylic oxidation sites excluding steroid dienone is 1. The van der Waals surface area contributed by atoms with Crippen LogP contribution in [-0.2, 0) is 20.7 Å². The van der Waals surface area contributed by atoms with Crippen molar-refractivity contribution in [1.82, 2.24) is 0 Å². The molecule has 1 aliphatic rings. The fraction of sp³-hybridized carbons (Fsp3) is 0.400. The summed E-state index contributed by atoms with van der Waals surface area (Å²) in [5.41, 5.74) is 1.42. The van der Waals surface area contributed by atoms with Gasteiger partial charge in [-0.05, 0) is 19.4 Å². The summed E-state index contributed by atoms with van der Waals surface area (Å²) in [5.74, 6) is 0.223. The second kappa shape index (κ2) is 6.39. The largest absolute Gasteiger partial charge is 0.494 e. The Morgan fingerprint density at radius 2 is 2.29 bits per heavy atom. The Morgan fingerprint density at radius 3 is 2.95 bits per heavy atom. The Bertz CT molecular complexity index is 593. The molecule has 0 fully saturated rings. The number of hydrogen-bond acceptors (Lipinski definition) is 5. The molecule has 0 N–H and O–H groups in total. The van der Waals surface area contributed by atoms with Crippen molar-refractivity contribution in [2.45, 2.75) is 32.8 Å². The molecule has 1 aromatic rings. The van der Waals surface area contributed by atoms with Crippen molar-refractivity contribution in [2.75, 3.05) is 6.61 Å². The molecule has 6 nitrogen and oxygen atoms in total. The third-order valence-corrected chi connectivity index (χ3v) is 3.31. The van der Waals surface area contributed by atoms with Crippen LogP contribution in [0.1, 0.15) is 25.8 Å². The van der Waals surface area contributed by atoms with E-state index in [4.69, 9.17) is 9.47 Å². The molecule has 21 heavy (non-hydrogen) atoms. The number of nitro groups is 1. The lowest BCUT2D eigenvalue weighted by atomic mass is 10.0. The number of carbonyl (C=O) groups is 1. The number of nitro benzene ring substituents is 1. The van der Waals surface area contributed by atoms with E-state index in [0.717, 1.165) is 5.56 Å². The van der Waals surface area contributed by atoms with E-state index >= 15 is 0 Å². The highest BCUT2D eigenvalue weighted by molar-refractivity contribution is 5.89. The van der Waals surface area contributed by atoms with Crippen LogP contribution in [0.15, 0.2) is 35.6 Å². The van der Waals surface area contributed by atoms with Crippen LogP contribution in [0.5, 0.6) is 0 Å². The van der Waals surface area contributed by atoms with Gasteiger partial charge < -0.3 is 9.47 Å². The van der Waals surface area contributed by atoms with E-state index in [2.05, 4.69) is 0 Å². The van der Waals surface area contributed by atoms with Crippen molar-refractivity contribution in [1.29, 1.82) is 0 Å². The van der Waals surface area contributed by atoms with Gasteiger partial charge in [0.25, 0.3) is 5.69 Å². The first-order valence-electron chi connectivity index (χ1n) is 6.78. The molecule has 1 aliphatic heterocycles. The molecule has 112 valence electrons. The van der Waals surface area contributed by atoms with Gasteiger partial charge in [0, 0.05) is 25.0 Å². The van der Waals surface area contributed by atoms with E-state index < -0.39 is 4.92 Å². The van der Waals surface area contributed by atoms with Crippen molar-refractivity contribution in [3.05, 3.63) is 51.3 Å². The number of ether oxygens (including phenoxy) is 2. The smallest absolute Gasteiger partial charge is 0.337 e. The molecular formula is C15H17NO5. The minimum atomic E-state index is -0.424. The van der Waals surface area contributed by atoms with E-state index in [1.165, 1.54) is 12.1 Å². The number of carbonyl (C=O) groups excluding carboxylic acids is 1. The SMILES string of the molecule is CCOC(=O)C1=C(C)OC(Cc2cccc([N+](=O)[O-])c2)C1. The topological polar surface area (TPSA) is 78.7 Å². The Labute approximate surface area is 122 Å². The lowest BCUT2D eigenvalue weighted by Crippen LogP contribution is -2.12. The molecule has 0 aromatic heterocycles. The maximum Gasteiger partial charge on any atom is 0.337 e. The molecule has 0 amide bonds. The predicted octanol–water partition coefficient (Wildman–Crippen LogP) is 2.76. The zero-order valence-electron chi connectivity index (χ0n) is 12.0. The van der Waals surface area contributed by atoms with Crippen LogP contribution in [0, 0.1) is 10.1 Å². The van der Waals surface area contributed by atoms with Gasteiger partial charge in [-0.3, -0.25) is 10.1 Å². The van der Waals surface area contributed by atoms with E-state index in [0.29, 0.717) is 30.8 Å².